The van der Waals surface area contributed by atoms with Gasteiger partial charge in [-0.3, -0.25) is 4.79 Å². The first kappa shape index (κ1) is 16.4. The first-order valence-corrected chi connectivity index (χ1v) is 8.97. The highest BCUT2D eigenvalue weighted by atomic mass is 16.2. The number of amides is 1. The Kier molecular flexibility index (Phi) is 4.44. The van der Waals surface area contributed by atoms with Crippen molar-refractivity contribution >= 4 is 11.7 Å². The number of anilines is 1. The molecule has 0 radical (unpaired) electrons. The van der Waals surface area contributed by atoms with Gasteiger partial charge in [-0.1, -0.05) is 30.3 Å². The van der Waals surface area contributed by atoms with Gasteiger partial charge in [-0.2, -0.15) is 5.26 Å². The molecule has 0 aliphatic carbocycles. The molecule has 1 N–H and O–H groups in total. The van der Waals surface area contributed by atoms with Crippen molar-refractivity contribution in [1.82, 2.24) is 15.2 Å². The number of benzene rings is 1. The van der Waals surface area contributed by atoms with Crippen LogP contribution in [0.5, 0.6) is 0 Å². The molecule has 1 aromatic carbocycles. The molecule has 26 heavy (non-hydrogen) atoms. The summed E-state index contributed by atoms with van der Waals surface area (Å²) in [5, 5.41) is 11.9. The lowest BCUT2D eigenvalue weighted by molar-refractivity contribution is 0.0934. The highest BCUT2D eigenvalue weighted by molar-refractivity contribution is 5.92. The van der Waals surface area contributed by atoms with E-state index in [1.807, 2.05) is 12.1 Å². The van der Waals surface area contributed by atoms with Crippen LogP contribution in [0.3, 0.4) is 0 Å². The summed E-state index contributed by atoms with van der Waals surface area (Å²) < 4.78 is 0. The molecule has 0 spiro atoms. The van der Waals surface area contributed by atoms with E-state index in [-0.39, 0.29) is 11.9 Å². The molecule has 2 aliphatic heterocycles. The van der Waals surface area contributed by atoms with Gasteiger partial charge in [0.25, 0.3) is 5.91 Å². The molecule has 4 rings (SSSR count). The number of aromatic nitrogens is 1. The number of hydrogen-bond acceptors (Lipinski definition) is 5. The van der Waals surface area contributed by atoms with Crippen molar-refractivity contribution in [2.45, 2.75) is 25.4 Å². The maximum Gasteiger partial charge on any atom is 0.270 e. The molecule has 0 saturated carbocycles. The lowest BCUT2D eigenvalue weighted by Gasteiger charge is -2.30. The Morgan fingerprint density at radius 1 is 1.15 bits per heavy atom. The van der Waals surface area contributed by atoms with Crippen molar-refractivity contribution in [2.24, 2.45) is 0 Å². The summed E-state index contributed by atoms with van der Waals surface area (Å²) in [5.41, 5.74) is 3.13. The van der Waals surface area contributed by atoms with Gasteiger partial charge >= 0.3 is 0 Å². The number of pyridine rings is 1. The van der Waals surface area contributed by atoms with E-state index in [2.05, 4.69) is 45.7 Å². The quantitative estimate of drug-likeness (QED) is 0.859. The average Bonchev–Trinajstić information content (AvgIpc) is 3.15. The fourth-order valence-electron chi connectivity index (χ4n) is 3.65. The largest absolute Gasteiger partial charge is 0.352 e. The summed E-state index contributed by atoms with van der Waals surface area (Å²) >= 11 is 0. The second-order valence-corrected chi connectivity index (χ2v) is 6.83. The van der Waals surface area contributed by atoms with E-state index in [1.54, 1.807) is 11.0 Å². The lowest BCUT2D eigenvalue weighted by Crippen LogP contribution is -2.37. The minimum absolute atomic E-state index is 0.00877. The van der Waals surface area contributed by atoms with Gasteiger partial charge < -0.3 is 15.1 Å². The fourth-order valence-corrected chi connectivity index (χ4v) is 3.65. The first-order valence-electron chi connectivity index (χ1n) is 8.97. The van der Waals surface area contributed by atoms with E-state index >= 15 is 0 Å². The molecule has 6 heteroatoms. The van der Waals surface area contributed by atoms with Crippen LogP contribution < -0.4 is 10.2 Å². The molecule has 0 bridgehead atoms. The molecule has 1 fully saturated rings. The van der Waals surface area contributed by atoms with Crippen LogP contribution in [0.1, 0.15) is 28.0 Å². The zero-order valence-electron chi connectivity index (χ0n) is 14.6. The Balaban J connectivity index is 1.45. The number of carbonyl (C=O) groups excluding carboxylic acids is 1. The van der Waals surface area contributed by atoms with Gasteiger partial charge in [0.15, 0.2) is 6.19 Å². The molecule has 2 aliphatic rings. The van der Waals surface area contributed by atoms with E-state index < -0.39 is 0 Å². The highest BCUT2D eigenvalue weighted by Gasteiger charge is 2.24. The summed E-state index contributed by atoms with van der Waals surface area (Å²) in [6.45, 7) is 2.98. The van der Waals surface area contributed by atoms with Crippen LogP contribution in [-0.2, 0) is 13.0 Å². The van der Waals surface area contributed by atoms with Crippen molar-refractivity contribution in [3.05, 3.63) is 59.3 Å². The molecule has 1 aromatic heterocycles. The molecule has 1 amide bonds. The highest BCUT2D eigenvalue weighted by Crippen LogP contribution is 2.23. The molecule has 1 atom stereocenters. The molecular formula is C20H21N5O. The van der Waals surface area contributed by atoms with E-state index in [0.29, 0.717) is 18.8 Å². The molecule has 3 heterocycles. The standard InChI is InChI=1S/C20H21N5O/c21-14-24-10-9-17(13-24)22-20(26)18-6-3-7-19(23-18)25-11-8-15-4-1-2-5-16(15)12-25/h1-7,17H,8-13H2,(H,22,26)/t17-/m1/s1. The minimum Gasteiger partial charge on any atom is -0.352 e. The van der Waals surface area contributed by atoms with Crippen LogP contribution in [0.4, 0.5) is 5.82 Å². The van der Waals surface area contributed by atoms with Crippen LogP contribution in [0.15, 0.2) is 42.5 Å². The zero-order valence-corrected chi connectivity index (χ0v) is 14.6. The number of likely N-dealkylation sites (tertiary alicyclic amines) is 1. The van der Waals surface area contributed by atoms with Crippen molar-refractivity contribution in [2.75, 3.05) is 24.5 Å². The maximum absolute atomic E-state index is 12.5. The minimum atomic E-state index is -0.172. The number of nitrogens with zero attached hydrogens (tertiary/aromatic N) is 4. The van der Waals surface area contributed by atoms with Crippen molar-refractivity contribution in [3.8, 4) is 6.19 Å². The number of hydrogen-bond donors (Lipinski definition) is 1. The van der Waals surface area contributed by atoms with Gasteiger partial charge in [0.2, 0.25) is 0 Å². The second kappa shape index (κ2) is 7.04. The maximum atomic E-state index is 12.5. The Bertz CT molecular complexity index is 859. The SMILES string of the molecule is N#CN1CC[C@@H](NC(=O)c2cccc(N3CCc4ccccc4C3)n2)C1. The van der Waals surface area contributed by atoms with Gasteiger partial charge in [0, 0.05) is 32.2 Å². The normalized spacial score (nSPS) is 19.0. The molecule has 6 nitrogen and oxygen atoms in total. The third-order valence-electron chi connectivity index (χ3n) is 5.09. The van der Waals surface area contributed by atoms with Gasteiger partial charge in [-0.05, 0) is 36.1 Å². The second-order valence-electron chi connectivity index (χ2n) is 6.83. The van der Waals surface area contributed by atoms with E-state index in [9.17, 15) is 4.79 Å². The van der Waals surface area contributed by atoms with Gasteiger partial charge in [-0.15, -0.1) is 0 Å². The average molecular weight is 347 g/mol. The van der Waals surface area contributed by atoms with Crippen molar-refractivity contribution in [3.63, 3.8) is 0 Å². The zero-order chi connectivity index (χ0) is 17.9. The van der Waals surface area contributed by atoms with Crippen molar-refractivity contribution < 1.29 is 4.79 Å². The lowest BCUT2D eigenvalue weighted by atomic mass is 10.00. The fraction of sp³-hybridized carbons (Fsp3) is 0.350. The third kappa shape index (κ3) is 3.33. The van der Waals surface area contributed by atoms with Gasteiger partial charge in [0.05, 0.1) is 0 Å². The third-order valence-corrected chi connectivity index (χ3v) is 5.09. The van der Waals surface area contributed by atoms with Gasteiger partial charge in [-0.25, -0.2) is 4.98 Å². The van der Waals surface area contributed by atoms with Crippen LogP contribution in [0.25, 0.3) is 0 Å². The van der Waals surface area contributed by atoms with Crippen molar-refractivity contribution in [1.29, 1.82) is 5.26 Å². The number of rotatable bonds is 3. The predicted octanol–water partition coefficient (Wildman–Crippen LogP) is 1.93. The first-order chi connectivity index (χ1) is 12.7. The Morgan fingerprint density at radius 2 is 2.00 bits per heavy atom. The Labute approximate surface area is 153 Å². The van der Waals surface area contributed by atoms with E-state index in [4.69, 9.17) is 5.26 Å². The molecule has 132 valence electrons. The van der Waals surface area contributed by atoms with Crippen LogP contribution in [0, 0.1) is 11.5 Å². The molecule has 0 unspecified atom stereocenters. The Hall–Kier alpha value is -3.07. The molecular weight excluding hydrogens is 326 g/mol. The summed E-state index contributed by atoms with van der Waals surface area (Å²) in [5.74, 6) is 0.659. The van der Waals surface area contributed by atoms with Gasteiger partial charge in [0.1, 0.15) is 11.5 Å². The monoisotopic (exact) mass is 347 g/mol. The Morgan fingerprint density at radius 3 is 2.81 bits per heavy atom. The smallest absolute Gasteiger partial charge is 0.270 e. The summed E-state index contributed by atoms with van der Waals surface area (Å²) in [6.07, 6.45) is 3.91. The summed E-state index contributed by atoms with van der Waals surface area (Å²) in [7, 11) is 0. The topological polar surface area (TPSA) is 72.3 Å². The van der Waals surface area contributed by atoms with Crippen LogP contribution in [0.2, 0.25) is 0 Å². The predicted molar refractivity (Wildman–Crippen MR) is 98.5 cm³/mol. The van der Waals surface area contributed by atoms with Crippen LogP contribution >= 0.6 is 0 Å². The number of nitrogens with one attached hydrogen (secondary N) is 1. The number of carbonyl (C=O) groups is 1. The molecule has 2 aromatic rings. The summed E-state index contributed by atoms with van der Waals surface area (Å²) in [4.78, 5) is 21.0. The van der Waals surface area contributed by atoms with E-state index in [1.165, 1.54) is 11.1 Å². The number of fused-ring (bicyclic) bond motifs is 1. The van der Waals surface area contributed by atoms with E-state index in [0.717, 1.165) is 31.7 Å². The summed E-state index contributed by atoms with van der Waals surface area (Å²) in [6, 6.07) is 14.1. The van der Waals surface area contributed by atoms with Crippen LogP contribution in [-0.4, -0.2) is 41.5 Å². The number of nitriles is 1. The molecule has 1 saturated heterocycles.